The van der Waals surface area contributed by atoms with E-state index in [-0.39, 0.29) is 32.5 Å². The number of carbonyl (C=O) groups excluding carboxylic acids is 2. The molecule has 2 amide bonds. The van der Waals surface area contributed by atoms with Gasteiger partial charge in [-0.15, -0.1) is 0 Å². The van der Waals surface area contributed by atoms with Crippen molar-refractivity contribution < 1.29 is 59.1 Å². The Morgan fingerprint density at radius 3 is 1.20 bits per heavy atom. The molecule has 248 valence electrons. The first-order valence-corrected chi connectivity index (χ1v) is 14.2. The Morgan fingerprint density at radius 1 is 0.600 bits per heavy atom. The Balaban J connectivity index is 0.00000130. The number of rotatable bonds is 15. The molecule has 2 aliphatic heterocycles. The molecule has 2 aliphatic rings. The molecular formula is C28H39N5O12. The number of aliphatic carboxylic acids is 5. The van der Waals surface area contributed by atoms with E-state index in [0.717, 1.165) is 0 Å². The van der Waals surface area contributed by atoms with Crippen molar-refractivity contribution in [3.63, 3.8) is 0 Å². The van der Waals surface area contributed by atoms with Gasteiger partial charge in [-0.05, 0) is 37.1 Å². The molecule has 1 aromatic carbocycles. The molecule has 0 aliphatic carbocycles. The van der Waals surface area contributed by atoms with Crippen molar-refractivity contribution in [2.75, 3.05) is 58.9 Å². The minimum absolute atomic E-state index is 0.0798. The lowest BCUT2D eigenvalue weighted by Crippen LogP contribution is -2.54. The average molecular weight is 638 g/mol. The van der Waals surface area contributed by atoms with Crippen molar-refractivity contribution in [2.24, 2.45) is 5.73 Å². The van der Waals surface area contributed by atoms with E-state index in [4.69, 9.17) is 15.3 Å². The third kappa shape index (κ3) is 11.4. The summed E-state index contributed by atoms with van der Waals surface area (Å²) in [4.78, 5) is 86.6. The predicted molar refractivity (Wildman–Crippen MR) is 154 cm³/mol. The van der Waals surface area contributed by atoms with Crippen molar-refractivity contribution in [2.45, 2.75) is 37.8 Å². The van der Waals surface area contributed by atoms with E-state index in [2.05, 4.69) is 5.73 Å². The lowest BCUT2D eigenvalue weighted by Gasteiger charge is -2.41. The summed E-state index contributed by atoms with van der Waals surface area (Å²) in [5.74, 6) is -6.03. The summed E-state index contributed by atoms with van der Waals surface area (Å²) in [6.07, 6.45) is 0.446. The highest BCUT2D eigenvalue weighted by atomic mass is 16.4. The number of piperazine rings is 2. The van der Waals surface area contributed by atoms with Gasteiger partial charge < -0.3 is 41.1 Å². The summed E-state index contributed by atoms with van der Waals surface area (Å²) < 4.78 is 0. The Hall–Kier alpha value is -4.61. The standard InChI is InChI=1S/C26H34N4O10.C2H5NO2/c31-19(32)3-1-9-27-11-13-29(15-21(35)36)25(39)23(27)17-5-7-18(8-6-17)24-26(40)30(16-22(37)38)14-12-28(24)10-2-4-20(33)34;3-1-2(4)5/h5-8,23-24H,1-4,9-16H2,(H,31,32)(H,33,34)(H,35,36)(H,37,38);1,3H2,(H,4,5). The van der Waals surface area contributed by atoms with Gasteiger partial charge in [0.2, 0.25) is 11.8 Å². The largest absolute Gasteiger partial charge is 0.481 e. The van der Waals surface area contributed by atoms with Crippen LogP contribution in [-0.4, -0.2) is 146 Å². The average Bonchev–Trinajstić information content (AvgIpc) is 2.96. The van der Waals surface area contributed by atoms with Gasteiger partial charge in [0.15, 0.2) is 0 Å². The Kier molecular flexibility index (Phi) is 14.3. The lowest BCUT2D eigenvalue weighted by atomic mass is 9.95. The maximum atomic E-state index is 13.3. The predicted octanol–water partition coefficient (Wildman–Crippen LogP) is -1.01. The molecule has 2 heterocycles. The van der Waals surface area contributed by atoms with Crippen LogP contribution in [-0.2, 0) is 33.6 Å². The van der Waals surface area contributed by atoms with Crippen LogP contribution in [0.4, 0.5) is 0 Å². The fourth-order valence-electron chi connectivity index (χ4n) is 5.19. The van der Waals surface area contributed by atoms with E-state index in [1.807, 2.05) is 9.80 Å². The monoisotopic (exact) mass is 637 g/mol. The third-order valence-corrected chi connectivity index (χ3v) is 7.20. The van der Waals surface area contributed by atoms with Crippen LogP contribution < -0.4 is 5.73 Å². The van der Waals surface area contributed by atoms with Crippen LogP contribution in [0.25, 0.3) is 0 Å². The second-order valence-electron chi connectivity index (χ2n) is 10.4. The molecular weight excluding hydrogens is 598 g/mol. The molecule has 3 rings (SSSR count). The van der Waals surface area contributed by atoms with Gasteiger partial charge in [-0.25, -0.2) is 0 Å². The van der Waals surface area contributed by atoms with E-state index < -0.39 is 66.8 Å². The van der Waals surface area contributed by atoms with Crippen LogP contribution in [0, 0.1) is 0 Å². The first kappa shape index (κ1) is 36.6. The normalized spacial score (nSPS) is 19.0. The van der Waals surface area contributed by atoms with E-state index in [0.29, 0.717) is 50.1 Å². The molecule has 2 unspecified atom stereocenters. The maximum absolute atomic E-state index is 13.3. The molecule has 0 aromatic heterocycles. The number of carboxylic acid groups (broad SMARTS) is 5. The lowest BCUT2D eigenvalue weighted by molar-refractivity contribution is -0.150. The molecule has 0 radical (unpaired) electrons. The Labute approximate surface area is 258 Å². The van der Waals surface area contributed by atoms with Gasteiger partial charge in [-0.1, -0.05) is 24.3 Å². The summed E-state index contributed by atoms with van der Waals surface area (Å²) in [5, 5.41) is 44.1. The van der Waals surface area contributed by atoms with E-state index >= 15 is 0 Å². The minimum atomic E-state index is -1.15. The first-order chi connectivity index (χ1) is 21.2. The molecule has 45 heavy (non-hydrogen) atoms. The Morgan fingerprint density at radius 2 is 0.933 bits per heavy atom. The van der Waals surface area contributed by atoms with Crippen LogP contribution in [0.15, 0.2) is 24.3 Å². The molecule has 2 saturated heterocycles. The van der Waals surface area contributed by atoms with Crippen LogP contribution in [0.5, 0.6) is 0 Å². The van der Waals surface area contributed by atoms with Gasteiger partial charge in [-0.2, -0.15) is 0 Å². The third-order valence-electron chi connectivity index (χ3n) is 7.20. The van der Waals surface area contributed by atoms with Gasteiger partial charge in [0.25, 0.3) is 0 Å². The van der Waals surface area contributed by atoms with Crippen LogP contribution in [0.2, 0.25) is 0 Å². The van der Waals surface area contributed by atoms with E-state index in [1.165, 1.54) is 9.80 Å². The number of hydrogen-bond acceptors (Lipinski definition) is 10. The van der Waals surface area contributed by atoms with Gasteiger partial charge in [0.05, 0.1) is 6.54 Å². The van der Waals surface area contributed by atoms with Crippen LogP contribution >= 0.6 is 0 Å². The maximum Gasteiger partial charge on any atom is 0.323 e. The molecule has 1 aromatic rings. The number of hydrogen-bond donors (Lipinski definition) is 6. The first-order valence-electron chi connectivity index (χ1n) is 14.2. The van der Waals surface area contributed by atoms with Crippen molar-refractivity contribution in [1.82, 2.24) is 19.6 Å². The van der Waals surface area contributed by atoms with Crippen molar-refractivity contribution in [3.05, 3.63) is 35.4 Å². The van der Waals surface area contributed by atoms with Gasteiger partial charge in [0, 0.05) is 39.0 Å². The zero-order chi connectivity index (χ0) is 33.7. The molecule has 17 heteroatoms. The number of carboxylic acids is 5. The van der Waals surface area contributed by atoms with E-state index in [1.54, 1.807) is 24.3 Å². The summed E-state index contributed by atoms with van der Waals surface area (Å²) in [6.45, 7) is 0.515. The van der Waals surface area contributed by atoms with Crippen LogP contribution in [0.1, 0.15) is 48.9 Å². The van der Waals surface area contributed by atoms with E-state index in [9.17, 15) is 43.8 Å². The summed E-state index contributed by atoms with van der Waals surface area (Å²) in [5.41, 5.74) is 5.66. The topological polar surface area (TPSA) is 260 Å². The molecule has 0 spiro atoms. The minimum Gasteiger partial charge on any atom is -0.481 e. The highest BCUT2D eigenvalue weighted by Crippen LogP contribution is 2.31. The highest BCUT2D eigenvalue weighted by molar-refractivity contribution is 5.88. The number of amides is 2. The molecule has 7 N–H and O–H groups in total. The smallest absolute Gasteiger partial charge is 0.323 e. The second kappa shape index (κ2) is 17.6. The fraction of sp³-hybridized carbons (Fsp3) is 0.536. The van der Waals surface area contributed by atoms with Crippen molar-refractivity contribution in [3.8, 4) is 0 Å². The fourth-order valence-corrected chi connectivity index (χ4v) is 5.19. The summed E-state index contributed by atoms with van der Waals surface area (Å²) in [7, 11) is 0. The zero-order valence-corrected chi connectivity index (χ0v) is 24.6. The summed E-state index contributed by atoms with van der Waals surface area (Å²) >= 11 is 0. The summed E-state index contributed by atoms with van der Waals surface area (Å²) in [6, 6.07) is 4.95. The SMILES string of the molecule is NCC(=O)O.O=C(O)CCCN1CCN(CC(=O)O)C(=O)C1c1ccc(C2C(=O)N(CC(=O)O)CCN2CCCC(=O)O)cc1. The molecule has 2 fully saturated rings. The zero-order valence-electron chi connectivity index (χ0n) is 24.6. The molecule has 0 saturated carbocycles. The van der Waals surface area contributed by atoms with Crippen LogP contribution in [0.3, 0.4) is 0 Å². The molecule has 2 atom stereocenters. The van der Waals surface area contributed by atoms with Crippen molar-refractivity contribution >= 4 is 41.7 Å². The number of carbonyl (C=O) groups is 7. The van der Waals surface area contributed by atoms with Gasteiger partial charge >= 0.3 is 29.8 Å². The highest BCUT2D eigenvalue weighted by Gasteiger charge is 2.39. The second-order valence-corrected chi connectivity index (χ2v) is 10.4. The number of nitrogens with zero attached hydrogens (tertiary/aromatic N) is 4. The Bertz CT molecular complexity index is 1150. The number of nitrogens with two attached hydrogens (primary N) is 1. The number of benzene rings is 1. The quantitative estimate of drug-likeness (QED) is 0.135. The molecule has 0 bridgehead atoms. The van der Waals surface area contributed by atoms with Crippen molar-refractivity contribution in [1.29, 1.82) is 0 Å². The van der Waals surface area contributed by atoms with Gasteiger partial charge in [0.1, 0.15) is 25.2 Å². The molecule has 17 nitrogen and oxygen atoms in total. The van der Waals surface area contributed by atoms with Gasteiger partial charge in [-0.3, -0.25) is 43.4 Å².